The minimum absolute atomic E-state index is 0.351. The van der Waals surface area contributed by atoms with E-state index in [0.29, 0.717) is 37.2 Å². The van der Waals surface area contributed by atoms with Gasteiger partial charge >= 0.3 is 23.9 Å². The van der Waals surface area contributed by atoms with Crippen molar-refractivity contribution >= 4 is 67.0 Å². The van der Waals surface area contributed by atoms with E-state index in [0.717, 1.165) is 65.3 Å². The zero-order valence-electron chi connectivity index (χ0n) is 33.9. The van der Waals surface area contributed by atoms with Crippen molar-refractivity contribution in [3.05, 3.63) is 107 Å². The Balaban J connectivity index is 1.65. The summed E-state index contributed by atoms with van der Waals surface area (Å²) in [4.78, 5) is 48.3. The Kier molecular flexibility index (Phi) is 12.5. The summed E-state index contributed by atoms with van der Waals surface area (Å²) in [5.74, 6) is -0.237. The maximum Gasteiger partial charge on any atom is 0.302 e. The maximum absolute atomic E-state index is 12.1. The first kappa shape index (κ1) is 40.7. The molecule has 0 aliphatic rings. The third-order valence-electron chi connectivity index (χ3n) is 10.1. The lowest BCUT2D eigenvalue weighted by atomic mass is 9.86. The van der Waals surface area contributed by atoms with Gasteiger partial charge in [-0.25, -0.2) is 0 Å². The first-order chi connectivity index (χ1) is 27.2. The van der Waals surface area contributed by atoms with Gasteiger partial charge in [0.2, 0.25) is 0 Å². The molecule has 57 heavy (non-hydrogen) atoms. The zero-order chi connectivity index (χ0) is 41.0. The molecule has 0 spiro atoms. The highest BCUT2D eigenvalue weighted by atomic mass is 16.6. The van der Waals surface area contributed by atoms with Crippen LogP contribution in [0, 0.1) is 0 Å². The monoisotopic (exact) mass is 770 g/mol. The van der Waals surface area contributed by atoms with Crippen LogP contribution < -0.4 is 4.74 Å². The van der Waals surface area contributed by atoms with Crippen LogP contribution in [-0.2, 0) is 63.8 Å². The van der Waals surface area contributed by atoms with Crippen molar-refractivity contribution in [1.29, 1.82) is 0 Å². The molecule has 0 aliphatic heterocycles. The summed E-state index contributed by atoms with van der Waals surface area (Å²) in [6.45, 7) is 13.2. The van der Waals surface area contributed by atoms with Gasteiger partial charge in [0.25, 0.3) is 0 Å². The molecule has 0 aromatic heterocycles. The summed E-state index contributed by atoms with van der Waals surface area (Å²) >= 11 is 0. The van der Waals surface area contributed by atoms with Crippen molar-refractivity contribution in [3.63, 3.8) is 0 Å². The van der Waals surface area contributed by atoms with Crippen LogP contribution in [0.3, 0.4) is 0 Å². The highest BCUT2D eigenvalue weighted by Gasteiger charge is 2.25. The predicted octanol–water partition coefficient (Wildman–Crippen LogP) is 10.1. The molecule has 0 heterocycles. The minimum atomic E-state index is -0.437. The summed E-state index contributed by atoms with van der Waals surface area (Å²) < 4.78 is 29.8. The first-order valence-corrected chi connectivity index (χ1v) is 19.5. The number of fused-ring (bicyclic) bond motifs is 4. The van der Waals surface area contributed by atoms with Gasteiger partial charge in [-0.2, -0.15) is 0 Å². The second kappa shape index (κ2) is 17.5. The Morgan fingerprint density at radius 2 is 0.649 bits per heavy atom. The van der Waals surface area contributed by atoms with Crippen LogP contribution in [-0.4, -0.2) is 48.3 Å². The molecule has 0 N–H and O–H groups in total. The van der Waals surface area contributed by atoms with Crippen LogP contribution in [0.25, 0.3) is 43.1 Å². The number of hydrogen-bond acceptors (Lipinski definition) is 9. The lowest BCUT2D eigenvalue weighted by Gasteiger charge is -2.24. The van der Waals surface area contributed by atoms with Gasteiger partial charge in [-0.05, 0) is 94.4 Å². The lowest BCUT2D eigenvalue weighted by molar-refractivity contribution is -0.146. The van der Waals surface area contributed by atoms with Crippen LogP contribution in [0.4, 0.5) is 0 Å². The maximum atomic E-state index is 12.1. The topological polar surface area (TPSA) is 114 Å². The fraction of sp³-hybridized carbons (Fsp3) is 0.333. The number of benzene rings is 6. The molecule has 0 saturated carbocycles. The molecule has 0 radical (unpaired) electrons. The molecular weight excluding hydrogens is 721 g/mol. The predicted molar refractivity (Wildman–Crippen MR) is 223 cm³/mol. The number of carbonyl (C=O) groups is 4. The summed E-state index contributed by atoms with van der Waals surface area (Å²) in [5, 5.41) is 7.56. The summed E-state index contributed by atoms with van der Waals surface area (Å²) in [5.41, 5.74) is 3.92. The third-order valence-corrected chi connectivity index (χ3v) is 10.1. The molecule has 6 aromatic rings. The van der Waals surface area contributed by atoms with Crippen molar-refractivity contribution in [2.45, 2.75) is 105 Å². The second-order valence-electron chi connectivity index (χ2n) is 15.0. The van der Waals surface area contributed by atoms with Crippen LogP contribution in [0.15, 0.2) is 84.9 Å². The van der Waals surface area contributed by atoms with E-state index in [2.05, 4.69) is 36.4 Å². The van der Waals surface area contributed by atoms with E-state index < -0.39 is 24.4 Å². The number of ether oxygens (including phenoxy) is 5. The van der Waals surface area contributed by atoms with Crippen molar-refractivity contribution < 1.29 is 42.9 Å². The average Bonchev–Trinajstić information content (AvgIpc) is 3.13. The van der Waals surface area contributed by atoms with Crippen molar-refractivity contribution in [1.82, 2.24) is 0 Å². The van der Waals surface area contributed by atoms with Gasteiger partial charge in [0.05, 0.1) is 0 Å². The van der Waals surface area contributed by atoms with Crippen LogP contribution in [0.2, 0.25) is 0 Å². The Hall–Kier alpha value is -5.96. The van der Waals surface area contributed by atoms with Crippen LogP contribution in [0.5, 0.6) is 11.5 Å². The van der Waals surface area contributed by atoms with Gasteiger partial charge in [-0.3, -0.25) is 19.2 Å². The smallest absolute Gasteiger partial charge is 0.302 e. The van der Waals surface area contributed by atoms with Crippen molar-refractivity contribution in [3.8, 4) is 11.5 Å². The Morgan fingerprint density at radius 1 is 0.386 bits per heavy atom. The molecule has 4 unspecified atom stereocenters. The number of rotatable bonds is 14. The quantitative estimate of drug-likeness (QED) is 0.0607. The molecular formula is C48H50O9. The molecule has 9 nitrogen and oxygen atoms in total. The number of esters is 4. The molecule has 0 amide bonds. The van der Waals surface area contributed by atoms with Crippen molar-refractivity contribution in [2.24, 2.45) is 0 Å². The average molecular weight is 771 g/mol. The molecule has 9 heteroatoms. The Morgan fingerprint density at radius 3 is 0.947 bits per heavy atom. The Labute approximate surface area is 333 Å². The molecule has 6 aromatic carbocycles. The largest absolute Gasteiger partial charge is 0.463 e. The van der Waals surface area contributed by atoms with Gasteiger partial charge in [-0.1, -0.05) is 72.8 Å². The SMILES string of the molecule is CC(=O)OC(C)Cc1c2ccccc2c(CC(C)OC(C)=O)c2c(Oc3cccc4c(CC(C)OC(C)=O)c5ccccc5c(CC(C)OC(C)=O)c34)cccc12. The van der Waals surface area contributed by atoms with Gasteiger partial charge in [-0.15, -0.1) is 0 Å². The van der Waals surface area contributed by atoms with E-state index >= 15 is 0 Å². The standard InChI is InChI=1S/C48H50O9/c1-27(53-31(5)49)23-41-35-15-9-11-17-37(35)43(25-29(3)55-33(7)51)47-39(41)19-13-21-45(47)57-46-22-14-20-40-42(24-28(2)54-32(6)50)36-16-10-12-18-38(36)44(48(40)46)26-30(4)56-34(8)52/h9-22,27-30H,23-26H2,1-8H3. The van der Waals surface area contributed by atoms with E-state index in [1.165, 1.54) is 27.7 Å². The molecule has 0 aliphatic carbocycles. The summed E-state index contributed by atoms with van der Waals surface area (Å²) in [6.07, 6.45) is 0.0852. The highest BCUT2D eigenvalue weighted by molar-refractivity contribution is 6.10. The number of hydrogen-bond donors (Lipinski definition) is 0. The van der Waals surface area contributed by atoms with Gasteiger partial charge in [0.1, 0.15) is 35.9 Å². The molecule has 0 saturated heterocycles. The molecule has 0 bridgehead atoms. The fourth-order valence-corrected chi connectivity index (χ4v) is 8.37. The zero-order valence-corrected chi connectivity index (χ0v) is 33.9. The molecule has 296 valence electrons. The number of carbonyl (C=O) groups excluding carboxylic acids is 4. The van der Waals surface area contributed by atoms with E-state index in [4.69, 9.17) is 23.7 Å². The van der Waals surface area contributed by atoms with E-state index in [-0.39, 0.29) is 23.9 Å². The van der Waals surface area contributed by atoms with Gasteiger partial charge < -0.3 is 23.7 Å². The minimum Gasteiger partial charge on any atom is -0.463 e. The van der Waals surface area contributed by atoms with Crippen LogP contribution >= 0.6 is 0 Å². The summed E-state index contributed by atoms with van der Waals surface area (Å²) in [7, 11) is 0. The van der Waals surface area contributed by atoms with Gasteiger partial charge in [0.15, 0.2) is 0 Å². The molecule has 0 fully saturated rings. The normalized spacial score (nSPS) is 13.5. The molecule has 4 atom stereocenters. The first-order valence-electron chi connectivity index (χ1n) is 19.5. The van der Waals surface area contributed by atoms with E-state index in [9.17, 15) is 19.2 Å². The third kappa shape index (κ3) is 9.20. The van der Waals surface area contributed by atoms with Crippen LogP contribution in [0.1, 0.15) is 77.6 Å². The van der Waals surface area contributed by atoms with E-state index in [1.54, 1.807) is 0 Å². The van der Waals surface area contributed by atoms with Crippen molar-refractivity contribution in [2.75, 3.05) is 0 Å². The van der Waals surface area contributed by atoms with E-state index in [1.807, 2.05) is 76.2 Å². The molecule has 6 rings (SSSR count). The van der Waals surface area contributed by atoms with Gasteiger partial charge in [0, 0.05) is 64.2 Å². The fourth-order valence-electron chi connectivity index (χ4n) is 8.37. The lowest BCUT2D eigenvalue weighted by Crippen LogP contribution is -2.17. The highest BCUT2D eigenvalue weighted by Crippen LogP contribution is 2.45. The second-order valence-corrected chi connectivity index (χ2v) is 15.0. The Bertz CT molecular complexity index is 2330. The summed E-state index contributed by atoms with van der Waals surface area (Å²) in [6, 6.07) is 28.2.